The van der Waals surface area contributed by atoms with Crippen LogP contribution in [0.4, 0.5) is 0 Å². The van der Waals surface area contributed by atoms with Gasteiger partial charge in [0.05, 0.1) is 0 Å². The third-order valence-corrected chi connectivity index (χ3v) is 1.14. The monoisotopic (exact) mass is 183 g/mol. The summed E-state index contributed by atoms with van der Waals surface area (Å²) in [5, 5.41) is 3.37. The third-order valence-electron chi connectivity index (χ3n) is 0.582. The van der Waals surface area contributed by atoms with Gasteiger partial charge in [-0.2, -0.15) is 0 Å². The molecule has 0 aliphatic carbocycles. The lowest BCUT2D eigenvalue weighted by atomic mass is 11.3. The highest BCUT2D eigenvalue weighted by atomic mass is 35.7. The van der Waals surface area contributed by atoms with Crippen molar-refractivity contribution < 1.29 is 14.1 Å². The zero-order valence-electron chi connectivity index (χ0n) is 4.59. The van der Waals surface area contributed by atoms with Gasteiger partial charge in [0, 0.05) is 11.2 Å². The molecule has 1 aromatic rings. The molecule has 0 saturated carbocycles. The van der Waals surface area contributed by atoms with E-state index in [0.29, 0.717) is 4.85 Å². The van der Waals surface area contributed by atoms with Gasteiger partial charge in [-0.1, -0.05) is 4.85 Å². The SMILES string of the molecule is O=P(O)(Cl)On1cncn1. The van der Waals surface area contributed by atoms with Gasteiger partial charge in [-0.15, -0.1) is 5.10 Å². The Morgan fingerprint density at radius 3 is 2.90 bits per heavy atom. The van der Waals surface area contributed by atoms with Gasteiger partial charge >= 0.3 is 6.95 Å². The molecule has 0 bridgehead atoms. The molecule has 10 heavy (non-hydrogen) atoms. The Morgan fingerprint density at radius 2 is 2.50 bits per heavy atom. The summed E-state index contributed by atoms with van der Waals surface area (Å²) in [6, 6.07) is 0. The van der Waals surface area contributed by atoms with Crippen LogP contribution in [0.5, 0.6) is 0 Å². The Kier molecular flexibility index (Phi) is 1.94. The quantitative estimate of drug-likeness (QED) is 0.656. The van der Waals surface area contributed by atoms with E-state index in [1.807, 2.05) is 0 Å². The van der Waals surface area contributed by atoms with E-state index in [2.05, 4.69) is 14.7 Å². The van der Waals surface area contributed by atoms with Crippen LogP contribution in [0, 0.1) is 0 Å². The van der Waals surface area contributed by atoms with Crippen LogP contribution in [0.1, 0.15) is 0 Å². The maximum atomic E-state index is 10.3. The van der Waals surface area contributed by atoms with Crippen molar-refractivity contribution in [3.63, 3.8) is 0 Å². The van der Waals surface area contributed by atoms with E-state index in [4.69, 9.17) is 16.1 Å². The van der Waals surface area contributed by atoms with E-state index >= 15 is 0 Å². The predicted molar refractivity (Wildman–Crippen MR) is 32.3 cm³/mol. The average molecular weight is 183 g/mol. The van der Waals surface area contributed by atoms with Gasteiger partial charge in [0.25, 0.3) is 0 Å². The molecule has 0 radical (unpaired) electrons. The van der Waals surface area contributed by atoms with Gasteiger partial charge in [-0.05, 0) is 0 Å². The lowest BCUT2D eigenvalue weighted by Crippen LogP contribution is -2.05. The summed E-state index contributed by atoms with van der Waals surface area (Å²) in [6.07, 6.45) is 2.25. The van der Waals surface area contributed by atoms with Crippen molar-refractivity contribution in [1.82, 2.24) is 14.9 Å². The molecule has 0 fully saturated rings. The summed E-state index contributed by atoms with van der Waals surface area (Å²) in [4.78, 5) is 12.5. The second kappa shape index (κ2) is 2.57. The van der Waals surface area contributed by atoms with E-state index in [9.17, 15) is 4.57 Å². The minimum absolute atomic E-state index is 0.702. The minimum Gasteiger partial charge on any atom is -0.302 e. The number of nitrogens with zero attached hydrogens (tertiary/aromatic N) is 3. The van der Waals surface area contributed by atoms with Crippen LogP contribution >= 0.6 is 18.2 Å². The van der Waals surface area contributed by atoms with E-state index in [1.165, 1.54) is 0 Å². The van der Waals surface area contributed by atoms with Crippen LogP contribution in [0.25, 0.3) is 0 Å². The number of hydrogen-bond donors (Lipinski definition) is 1. The fourth-order valence-corrected chi connectivity index (χ4v) is 0.823. The Balaban J connectivity index is 2.66. The first-order valence-corrected chi connectivity index (χ1v) is 4.63. The number of rotatable bonds is 2. The molecule has 1 unspecified atom stereocenters. The maximum absolute atomic E-state index is 10.3. The maximum Gasteiger partial charge on any atom is 0.494 e. The summed E-state index contributed by atoms with van der Waals surface area (Å²) in [5.41, 5.74) is 0. The lowest BCUT2D eigenvalue weighted by Gasteiger charge is -2.01. The van der Waals surface area contributed by atoms with Crippen molar-refractivity contribution in [2.75, 3.05) is 0 Å². The minimum atomic E-state index is -4.02. The highest BCUT2D eigenvalue weighted by Gasteiger charge is 2.16. The van der Waals surface area contributed by atoms with Crippen molar-refractivity contribution in [1.29, 1.82) is 0 Å². The summed E-state index contributed by atoms with van der Waals surface area (Å²) in [6.45, 7) is -4.02. The smallest absolute Gasteiger partial charge is 0.302 e. The van der Waals surface area contributed by atoms with Crippen LogP contribution in [0.2, 0.25) is 0 Å². The van der Waals surface area contributed by atoms with Crippen molar-refractivity contribution in [3.8, 4) is 0 Å². The fourth-order valence-electron chi connectivity index (χ4n) is 0.343. The van der Waals surface area contributed by atoms with Crippen molar-refractivity contribution in [2.45, 2.75) is 0 Å². The zero-order chi connectivity index (χ0) is 7.61. The van der Waals surface area contributed by atoms with Crippen molar-refractivity contribution in [3.05, 3.63) is 12.7 Å². The molecule has 0 aliphatic rings. The van der Waals surface area contributed by atoms with E-state index in [1.54, 1.807) is 0 Å². The number of halogens is 1. The van der Waals surface area contributed by atoms with Gasteiger partial charge in [-0.25, -0.2) is 9.55 Å². The molecule has 8 heteroatoms. The molecular weight excluding hydrogens is 180 g/mol. The Bertz CT molecular complexity index is 242. The first-order valence-electron chi connectivity index (χ1n) is 2.15. The molecular formula is C2H3ClN3O3P. The Morgan fingerprint density at radius 1 is 1.80 bits per heavy atom. The molecule has 56 valence electrons. The highest BCUT2D eigenvalue weighted by Crippen LogP contribution is 2.43. The molecule has 0 amide bonds. The molecule has 1 atom stereocenters. The Hall–Kier alpha value is -0.580. The standard InChI is InChI=1S/C2H3ClN3O3P/c3-10(7,8)9-6-2-4-1-5-6/h1-2H,(H,7,8). The summed E-state index contributed by atoms with van der Waals surface area (Å²) in [7, 11) is 0. The number of aromatic nitrogens is 3. The topological polar surface area (TPSA) is 77.2 Å². The summed E-state index contributed by atoms with van der Waals surface area (Å²) in [5.74, 6) is 0. The fraction of sp³-hybridized carbons (Fsp3) is 0. The van der Waals surface area contributed by atoms with Gasteiger partial charge in [0.2, 0.25) is 0 Å². The zero-order valence-corrected chi connectivity index (χ0v) is 6.24. The number of hydrogen-bond acceptors (Lipinski definition) is 4. The lowest BCUT2D eigenvalue weighted by molar-refractivity contribution is 0.210. The second-order valence-corrected chi connectivity index (χ2v) is 3.68. The van der Waals surface area contributed by atoms with E-state index in [0.717, 1.165) is 12.7 Å². The van der Waals surface area contributed by atoms with Gasteiger partial charge < -0.3 is 9.52 Å². The van der Waals surface area contributed by atoms with Crippen LogP contribution in [-0.2, 0) is 4.57 Å². The molecule has 0 saturated heterocycles. The largest absolute Gasteiger partial charge is 0.494 e. The first-order chi connectivity index (χ1) is 4.58. The predicted octanol–water partition coefficient (Wildman–Crippen LogP) is 0.0459. The van der Waals surface area contributed by atoms with Crippen LogP contribution in [-0.4, -0.2) is 19.8 Å². The summed E-state index contributed by atoms with van der Waals surface area (Å²) >= 11 is 4.82. The van der Waals surface area contributed by atoms with Gasteiger partial charge in [-0.3, -0.25) is 0 Å². The van der Waals surface area contributed by atoms with Crippen molar-refractivity contribution in [2.24, 2.45) is 0 Å². The third kappa shape index (κ3) is 2.34. The van der Waals surface area contributed by atoms with E-state index < -0.39 is 6.95 Å². The Labute approximate surface area is 60.7 Å². The van der Waals surface area contributed by atoms with Crippen LogP contribution in [0.15, 0.2) is 12.7 Å². The molecule has 0 aliphatic heterocycles. The normalized spacial score (nSPS) is 16.2. The first kappa shape index (κ1) is 7.53. The van der Waals surface area contributed by atoms with Crippen LogP contribution in [0.3, 0.4) is 0 Å². The van der Waals surface area contributed by atoms with E-state index in [-0.39, 0.29) is 0 Å². The van der Waals surface area contributed by atoms with Crippen molar-refractivity contribution >= 4 is 18.2 Å². The molecule has 1 aromatic heterocycles. The van der Waals surface area contributed by atoms with Crippen LogP contribution < -0.4 is 4.62 Å². The molecule has 0 aromatic carbocycles. The van der Waals surface area contributed by atoms with Gasteiger partial charge in [0.15, 0.2) is 6.33 Å². The average Bonchev–Trinajstić information content (AvgIpc) is 2.12. The molecule has 0 spiro atoms. The summed E-state index contributed by atoms with van der Waals surface area (Å²) < 4.78 is 14.5. The van der Waals surface area contributed by atoms with Gasteiger partial charge in [0.1, 0.15) is 6.33 Å². The molecule has 1 rings (SSSR count). The molecule has 6 nitrogen and oxygen atoms in total. The molecule has 1 N–H and O–H groups in total. The highest BCUT2D eigenvalue weighted by molar-refractivity contribution is 7.80. The molecule has 1 heterocycles. The second-order valence-electron chi connectivity index (χ2n) is 1.33.